The summed E-state index contributed by atoms with van der Waals surface area (Å²) in [6.45, 7) is 0. The largest absolute Gasteiger partial charge is 0.476 e. The number of aliphatic imine (C=N–C) groups is 1. The van der Waals surface area contributed by atoms with Gasteiger partial charge in [-0.3, -0.25) is 0 Å². The molecule has 0 atom stereocenters. The number of nitrogens with zero attached hydrogens (tertiary/aromatic N) is 3. The predicted octanol–water partition coefficient (Wildman–Crippen LogP) is 1.54. The van der Waals surface area contributed by atoms with Crippen molar-refractivity contribution in [3.8, 4) is 5.69 Å². The maximum Gasteiger partial charge on any atom is 0.356 e. The van der Waals surface area contributed by atoms with Crippen LogP contribution in [0, 0.1) is 0 Å². The van der Waals surface area contributed by atoms with Crippen molar-refractivity contribution in [2.75, 3.05) is 0 Å². The van der Waals surface area contributed by atoms with Gasteiger partial charge in [0.2, 0.25) is 6.08 Å². The number of rotatable bonds is 3. The van der Waals surface area contributed by atoms with Gasteiger partial charge in [0.1, 0.15) is 5.69 Å². The first-order valence-corrected chi connectivity index (χ1v) is 4.68. The monoisotopic (exact) mass is 229 g/mol. The van der Waals surface area contributed by atoms with Gasteiger partial charge in [-0.05, 0) is 18.2 Å². The van der Waals surface area contributed by atoms with E-state index in [4.69, 9.17) is 5.11 Å². The second kappa shape index (κ2) is 4.42. The number of carboxylic acids is 1. The lowest BCUT2D eigenvalue weighted by molar-refractivity contribution is 0.0690. The summed E-state index contributed by atoms with van der Waals surface area (Å²) in [5.74, 6) is -1.11. The first kappa shape index (κ1) is 10.8. The number of aromatic nitrogens is 2. The molecule has 0 aliphatic heterocycles. The van der Waals surface area contributed by atoms with Crippen molar-refractivity contribution in [2.45, 2.75) is 0 Å². The second-order valence-corrected chi connectivity index (χ2v) is 3.14. The maximum absolute atomic E-state index is 10.7. The molecular formula is C11H7N3O3. The first-order chi connectivity index (χ1) is 8.22. The highest BCUT2D eigenvalue weighted by atomic mass is 16.4. The molecule has 0 saturated heterocycles. The summed E-state index contributed by atoms with van der Waals surface area (Å²) in [6.07, 6.45) is 2.93. The molecule has 0 saturated carbocycles. The summed E-state index contributed by atoms with van der Waals surface area (Å²) in [5.41, 5.74) is 0.820. The smallest absolute Gasteiger partial charge is 0.356 e. The highest BCUT2D eigenvalue weighted by molar-refractivity contribution is 5.85. The summed E-state index contributed by atoms with van der Waals surface area (Å²) in [4.78, 5) is 24.5. The average Bonchev–Trinajstić information content (AvgIpc) is 2.79. The summed E-state index contributed by atoms with van der Waals surface area (Å²) < 4.78 is 1.35. The van der Waals surface area contributed by atoms with Crippen molar-refractivity contribution in [3.05, 3.63) is 42.2 Å². The standard InChI is InChI=1S/C11H7N3O3/c15-7-12-8-3-1-2-4-10(8)14-6-5-9(13-14)11(16)17/h1-6H,(H,16,17). The Morgan fingerprint density at radius 3 is 2.76 bits per heavy atom. The van der Waals surface area contributed by atoms with E-state index in [1.54, 1.807) is 24.3 Å². The van der Waals surface area contributed by atoms with Crippen molar-refractivity contribution in [3.63, 3.8) is 0 Å². The van der Waals surface area contributed by atoms with Crippen LogP contribution in [-0.2, 0) is 4.79 Å². The molecule has 6 heteroatoms. The van der Waals surface area contributed by atoms with Crippen LogP contribution < -0.4 is 0 Å². The Labute approximate surface area is 95.8 Å². The lowest BCUT2D eigenvalue weighted by atomic mass is 10.3. The molecule has 0 radical (unpaired) electrons. The van der Waals surface area contributed by atoms with Crippen LogP contribution in [0.1, 0.15) is 10.5 Å². The average molecular weight is 229 g/mol. The first-order valence-electron chi connectivity index (χ1n) is 4.68. The van der Waals surface area contributed by atoms with Crippen LogP contribution in [0.15, 0.2) is 41.5 Å². The Balaban J connectivity index is 2.52. The SMILES string of the molecule is O=C=Nc1ccccc1-n1ccc(C(=O)O)n1. The van der Waals surface area contributed by atoms with Crippen molar-refractivity contribution in [1.82, 2.24) is 9.78 Å². The summed E-state index contributed by atoms with van der Waals surface area (Å²) in [7, 11) is 0. The maximum atomic E-state index is 10.7. The minimum Gasteiger partial charge on any atom is -0.476 e. The number of para-hydroxylation sites is 2. The van der Waals surface area contributed by atoms with E-state index in [0.717, 1.165) is 0 Å². The van der Waals surface area contributed by atoms with Crippen molar-refractivity contribution in [2.24, 2.45) is 4.99 Å². The molecule has 0 bridgehead atoms. The molecule has 0 unspecified atom stereocenters. The van der Waals surface area contributed by atoms with Crippen LogP contribution in [0.5, 0.6) is 0 Å². The molecule has 0 spiro atoms. The number of benzene rings is 1. The minimum atomic E-state index is -1.11. The van der Waals surface area contributed by atoms with Gasteiger partial charge in [-0.25, -0.2) is 14.3 Å². The molecule has 84 valence electrons. The third kappa shape index (κ3) is 2.11. The zero-order valence-electron chi connectivity index (χ0n) is 8.57. The van der Waals surface area contributed by atoms with E-state index in [1.165, 1.54) is 23.0 Å². The zero-order valence-corrected chi connectivity index (χ0v) is 8.57. The molecule has 0 aliphatic rings. The number of hydrogen-bond acceptors (Lipinski definition) is 4. The van der Waals surface area contributed by atoms with Gasteiger partial charge in [-0.1, -0.05) is 12.1 Å². The molecular weight excluding hydrogens is 222 g/mol. The van der Waals surface area contributed by atoms with E-state index in [1.807, 2.05) is 0 Å². The molecule has 0 fully saturated rings. The Morgan fingerprint density at radius 2 is 2.12 bits per heavy atom. The molecule has 1 aromatic heterocycles. The molecule has 1 N–H and O–H groups in total. The van der Waals surface area contributed by atoms with Gasteiger partial charge in [0, 0.05) is 6.20 Å². The minimum absolute atomic E-state index is 0.0742. The van der Waals surface area contributed by atoms with Crippen LogP contribution in [0.4, 0.5) is 5.69 Å². The quantitative estimate of drug-likeness (QED) is 0.639. The Morgan fingerprint density at radius 1 is 1.35 bits per heavy atom. The summed E-state index contributed by atoms with van der Waals surface area (Å²) >= 11 is 0. The molecule has 0 aliphatic carbocycles. The van der Waals surface area contributed by atoms with Crippen LogP contribution in [0.25, 0.3) is 5.69 Å². The third-order valence-electron chi connectivity index (χ3n) is 2.10. The normalized spacial score (nSPS) is 9.65. The highest BCUT2D eigenvalue weighted by Crippen LogP contribution is 2.21. The van der Waals surface area contributed by atoms with E-state index >= 15 is 0 Å². The van der Waals surface area contributed by atoms with Crippen LogP contribution in [-0.4, -0.2) is 26.9 Å². The predicted molar refractivity (Wildman–Crippen MR) is 58.3 cm³/mol. The summed E-state index contributed by atoms with van der Waals surface area (Å²) in [5, 5.41) is 12.6. The number of carbonyl (C=O) groups is 1. The van der Waals surface area contributed by atoms with E-state index < -0.39 is 5.97 Å². The summed E-state index contributed by atoms with van der Waals surface area (Å²) in [6, 6.07) is 8.10. The van der Waals surface area contributed by atoms with Gasteiger partial charge in [-0.2, -0.15) is 10.1 Å². The molecule has 0 amide bonds. The van der Waals surface area contributed by atoms with Crippen LogP contribution >= 0.6 is 0 Å². The van der Waals surface area contributed by atoms with E-state index in [9.17, 15) is 9.59 Å². The van der Waals surface area contributed by atoms with Gasteiger partial charge in [-0.15, -0.1) is 0 Å². The zero-order chi connectivity index (χ0) is 12.3. The molecule has 1 heterocycles. The number of hydrogen-bond donors (Lipinski definition) is 1. The van der Waals surface area contributed by atoms with Gasteiger partial charge < -0.3 is 5.11 Å². The number of carboxylic acid groups (broad SMARTS) is 1. The van der Waals surface area contributed by atoms with Crippen LogP contribution in [0.2, 0.25) is 0 Å². The molecule has 17 heavy (non-hydrogen) atoms. The number of aromatic carboxylic acids is 1. The van der Waals surface area contributed by atoms with Gasteiger partial charge in [0.25, 0.3) is 0 Å². The molecule has 6 nitrogen and oxygen atoms in total. The molecule has 1 aromatic carbocycles. The van der Waals surface area contributed by atoms with E-state index in [2.05, 4.69) is 10.1 Å². The molecule has 2 aromatic rings. The van der Waals surface area contributed by atoms with Crippen LogP contribution in [0.3, 0.4) is 0 Å². The van der Waals surface area contributed by atoms with E-state index in [-0.39, 0.29) is 5.69 Å². The number of isocyanates is 1. The second-order valence-electron chi connectivity index (χ2n) is 3.14. The Bertz CT molecular complexity index is 612. The topological polar surface area (TPSA) is 84.5 Å². The van der Waals surface area contributed by atoms with Gasteiger partial charge >= 0.3 is 5.97 Å². The third-order valence-corrected chi connectivity index (χ3v) is 2.10. The van der Waals surface area contributed by atoms with Crippen molar-refractivity contribution >= 4 is 17.7 Å². The lowest BCUT2D eigenvalue weighted by Gasteiger charge is -2.03. The van der Waals surface area contributed by atoms with Crippen molar-refractivity contribution in [1.29, 1.82) is 0 Å². The fraction of sp³-hybridized carbons (Fsp3) is 0. The number of carbonyl (C=O) groups excluding carboxylic acids is 1. The van der Waals surface area contributed by atoms with Gasteiger partial charge in [0.05, 0.1) is 5.69 Å². The Hall–Kier alpha value is -2.72. The fourth-order valence-electron chi connectivity index (χ4n) is 1.37. The van der Waals surface area contributed by atoms with Crippen molar-refractivity contribution < 1.29 is 14.7 Å². The van der Waals surface area contributed by atoms with Gasteiger partial charge in [0.15, 0.2) is 5.69 Å². The molecule has 2 rings (SSSR count). The highest BCUT2D eigenvalue weighted by Gasteiger charge is 2.09. The Kier molecular flexibility index (Phi) is 2.81. The lowest BCUT2D eigenvalue weighted by Crippen LogP contribution is -2.01. The fourth-order valence-corrected chi connectivity index (χ4v) is 1.37. The van der Waals surface area contributed by atoms with E-state index in [0.29, 0.717) is 11.4 Å².